The summed E-state index contributed by atoms with van der Waals surface area (Å²) in [5.74, 6) is 0.579. The zero-order chi connectivity index (χ0) is 11.1. The standard InChI is InChI=1S/C10H16ClN3O/c1-14-8-5-9(13-14)10(15)12-7-4-2-3-6-11/h5,8H,2-4,6-7H2,1H3,(H,12,15). The van der Waals surface area contributed by atoms with Gasteiger partial charge in [-0.25, -0.2) is 0 Å². The Labute approximate surface area is 94.6 Å². The Morgan fingerprint density at radius 3 is 2.93 bits per heavy atom. The smallest absolute Gasteiger partial charge is 0.271 e. The topological polar surface area (TPSA) is 46.9 Å². The lowest BCUT2D eigenvalue weighted by Crippen LogP contribution is -2.25. The molecular weight excluding hydrogens is 214 g/mol. The lowest BCUT2D eigenvalue weighted by molar-refractivity contribution is 0.0947. The Bertz CT molecular complexity index is 311. The number of carbonyl (C=O) groups excluding carboxylic acids is 1. The van der Waals surface area contributed by atoms with Crippen LogP contribution in [0.5, 0.6) is 0 Å². The zero-order valence-electron chi connectivity index (χ0n) is 8.87. The van der Waals surface area contributed by atoms with Gasteiger partial charge in [0.15, 0.2) is 0 Å². The molecule has 0 aromatic carbocycles. The average molecular weight is 230 g/mol. The van der Waals surface area contributed by atoms with Crippen LogP contribution in [0.2, 0.25) is 0 Å². The maximum atomic E-state index is 11.5. The minimum Gasteiger partial charge on any atom is -0.351 e. The van der Waals surface area contributed by atoms with Crippen molar-refractivity contribution in [2.24, 2.45) is 7.05 Å². The van der Waals surface area contributed by atoms with E-state index in [1.54, 1.807) is 24.0 Å². The molecule has 4 nitrogen and oxygen atoms in total. The van der Waals surface area contributed by atoms with E-state index in [0.717, 1.165) is 19.3 Å². The number of alkyl halides is 1. The number of amides is 1. The van der Waals surface area contributed by atoms with Crippen LogP contribution in [0.4, 0.5) is 0 Å². The van der Waals surface area contributed by atoms with Crippen molar-refractivity contribution in [2.75, 3.05) is 12.4 Å². The second-order valence-electron chi connectivity index (χ2n) is 3.38. The first-order valence-electron chi connectivity index (χ1n) is 5.08. The Kier molecular flexibility index (Phi) is 5.18. The molecule has 0 atom stereocenters. The summed E-state index contributed by atoms with van der Waals surface area (Å²) in [6.45, 7) is 0.687. The van der Waals surface area contributed by atoms with Gasteiger partial charge in [0.25, 0.3) is 5.91 Å². The summed E-state index contributed by atoms with van der Waals surface area (Å²) in [5.41, 5.74) is 0.467. The molecule has 1 aromatic heterocycles. The first kappa shape index (κ1) is 12.0. The molecule has 1 rings (SSSR count). The molecule has 0 aliphatic heterocycles. The average Bonchev–Trinajstić information content (AvgIpc) is 2.64. The predicted molar refractivity (Wildman–Crippen MR) is 60.1 cm³/mol. The maximum absolute atomic E-state index is 11.5. The summed E-state index contributed by atoms with van der Waals surface area (Å²) in [6.07, 6.45) is 4.76. The number of hydrogen-bond donors (Lipinski definition) is 1. The fraction of sp³-hybridized carbons (Fsp3) is 0.600. The van der Waals surface area contributed by atoms with Crippen molar-refractivity contribution >= 4 is 17.5 Å². The van der Waals surface area contributed by atoms with Crippen molar-refractivity contribution in [3.63, 3.8) is 0 Å². The van der Waals surface area contributed by atoms with Crippen molar-refractivity contribution < 1.29 is 4.79 Å². The van der Waals surface area contributed by atoms with Gasteiger partial charge in [-0.2, -0.15) is 5.10 Å². The van der Waals surface area contributed by atoms with E-state index in [0.29, 0.717) is 18.1 Å². The SMILES string of the molecule is Cn1ccc(C(=O)NCCCCCCl)n1. The van der Waals surface area contributed by atoms with E-state index in [1.807, 2.05) is 0 Å². The van der Waals surface area contributed by atoms with E-state index in [1.165, 1.54) is 0 Å². The Hall–Kier alpha value is -1.03. The van der Waals surface area contributed by atoms with Gasteiger partial charge in [0.05, 0.1) is 0 Å². The summed E-state index contributed by atoms with van der Waals surface area (Å²) in [5, 5.41) is 6.82. The molecule has 0 saturated carbocycles. The number of carbonyl (C=O) groups is 1. The molecule has 15 heavy (non-hydrogen) atoms. The van der Waals surface area contributed by atoms with E-state index in [2.05, 4.69) is 10.4 Å². The van der Waals surface area contributed by atoms with Crippen LogP contribution in [0.25, 0.3) is 0 Å². The first-order chi connectivity index (χ1) is 7.24. The largest absolute Gasteiger partial charge is 0.351 e. The van der Waals surface area contributed by atoms with Crippen molar-refractivity contribution in [3.05, 3.63) is 18.0 Å². The molecule has 0 saturated heterocycles. The molecule has 5 heteroatoms. The van der Waals surface area contributed by atoms with Gasteiger partial charge in [-0.05, 0) is 18.9 Å². The monoisotopic (exact) mass is 229 g/mol. The van der Waals surface area contributed by atoms with Crippen LogP contribution in [-0.2, 0) is 7.05 Å². The molecular formula is C10H16ClN3O. The van der Waals surface area contributed by atoms with Gasteiger partial charge in [-0.3, -0.25) is 9.48 Å². The van der Waals surface area contributed by atoms with Crippen molar-refractivity contribution in [2.45, 2.75) is 19.3 Å². The predicted octanol–water partition coefficient (Wildman–Crippen LogP) is 1.56. The van der Waals surface area contributed by atoms with E-state index >= 15 is 0 Å². The molecule has 84 valence electrons. The third-order valence-corrected chi connectivity index (χ3v) is 2.31. The summed E-state index contributed by atoms with van der Waals surface area (Å²) >= 11 is 5.54. The van der Waals surface area contributed by atoms with Crippen molar-refractivity contribution in [1.29, 1.82) is 0 Å². The number of halogens is 1. The van der Waals surface area contributed by atoms with Gasteiger partial charge in [-0.1, -0.05) is 6.42 Å². The van der Waals surface area contributed by atoms with Gasteiger partial charge >= 0.3 is 0 Å². The Morgan fingerprint density at radius 2 is 2.33 bits per heavy atom. The lowest BCUT2D eigenvalue weighted by atomic mass is 10.2. The Balaban J connectivity index is 2.19. The summed E-state index contributed by atoms with van der Waals surface area (Å²) in [6, 6.07) is 1.70. The molecule has 0 aliphatic carbocycles. The van der Waals surface area contributed by atoms with Crippen LogP contribution in [0.15, 0.2) is 12.3 Å². The Morgan fingerprint density at radius 1 is 1.53 bits per heavy atom. The highest BCUT2D eigenvalue weighted by molar-refractivity contribution is 6.17. The van der Waals surface area contributed by atoms with Gasteiger partial charge in [-0.15, -0.1) is 11.6 Å². The molecule has 0 bridgehead atoms. The highest BCUT2D eigenvalue weighted by atomic mass is 35.5. The number of nitrogens with one attached hydrogen (secondary N) is 1. The van der Waals surface area contributed by atoms with Crippen LogP contribution < -0.4 is 5.32 Å². The van der Waals surface area contributed by atoms with Gasteiger partial charge in [0.1, 0.15) is 5.69 Å². The minimum absolute atomic E-state index is 0.110. The first-order valence-corrected chi connectivity index (χ1v) is 5.61. The number of aryl methyl sites for hydroxylation is 1. The third kappa shape index (κ3) is 4.34. The molecule has 0 unspecified atom stereocenters. The quantitative estimate of drug-likeness (QED) is 0.595. The molecule has 0 fully saturated rings. The summed E-state index contributed by atoms with van der Waals surface area (Å²) in [7, 11) is 1.79. The third-order valence-electron chi connectivity index (χ3n) is 2.04. The minimum atomic E-state index is -0.110. The number of unbranched alkanes of at least 4 members (excludes halogenated alkanes) is 2. The van der Waals surface area contributed by atoms with Crippen LogP contribution in [0.1, 0.15) is 29.8 Å². The molecule has 1 aromatic rings. The molecule has 1 amide bonds. The molecule has 0 spiro atoms. The van der Waals surface area contributed by atoms with E-state index in [4.69, 9.17) is 11.6 Å². The number of nitrogens with zero attached hydrogens (tertiary/aromatic N) is 2. The van der Waals surface area contributed by atoms with E-state index in [9.17, 15) is 4.79 Å². The van der Waals surface area contributed by atoms with E-state index < -0.39 is 0 Å². The lowest BCUT2D eigenvalue weighted by Gasteiger charge is -2.01. The maximum Gasteiger partial charge on any atom is 0.271 e. The fourth-order valence-corrected chi connectivity index (χ4v) is 1.41. The molecule has 0 radical (unpaired) electrons. The summed E-state index contributed by atoms with van der Waals surface area (Å²) < 4.78 is 1.61. The molecule has 1 heterocycles. The van der Waals surface area contributed by atoms with Gasteiger partial charge < -0.3 is 5.32 Å². The number of hydrogen-bond acceptors (Lipinski definition) is 2. The van der Waals surface area contributed by atoms with E-state index in [-0.39, 0.29) is 5.91 Å². The fourth-order valence-electron chi connectivity index (χ4n) is 1.22. The van der Waals surface area contributed by atoms with Gasteiger partial charge in [0.2, 0.25) is 0 Å². The van der Waals surface area contributed by atoms with Crippen molar-refractivity contribution in [1.82, 2.24) is 15.1 Å². The normalized spacial score (nSPS) is 10.3. The van der Waals surface area contributed by atoms with Crippen molar-refractivity contribution in [3.8, 4) is 0 Å². The molecule has 0 aliphatic rings. The molecule has 1 N–H and O–H groups in total. The zero-order valence-corrected chi connectivity index (χ0v) is 9.63. The van der Waals surface area contributed by atoms with Crippen LogP contribution >= 0.6 is 11.6 Å². The van der Waals surface area contributed by atoms with Crippen LogP contribution in [0.3, 0.4) is 0 Å². The highest BCUT2D eigenvalue weighted by Gasteiger charge is 2.06. The number of aromatic nitrogens is 2. The highest BCUT2D eigenvalue weighted by Crippen LogP contribution is 1.97. The van der Waals surface area contributed by atoms with Crippen LogP contribution in [0, 0.1) is 0 Å². The van der Waals surface area contributed by atoms with Gasteiger partial charge in [0, 0.05) is 25.7 Å². The number of rotatable bonds is 6. The summed E-state index contributed by atoms with van der Waals surface area (Å²) in [4.78, 5) is 11.5. The van der Waals surface area contributed by atoms with Crippen LogP contribution in [-0.4, -0.2) is 28.1 Å². The second kappa shape index (κ2) is 6.45. The second-order valence-corrected chi connectivity index (χ2v) is 3.76.